The number of para-hydroxylation sites is 1. The lowest BCUT2D eigenvalue weighted by molar-refractivity contribution is -0.141. The number of carbonyl (C=O) groups is 1. The fourth-order valence-electron chi connectivity index (χ4n) is 5.45. The van der Waals surface area contributed by atoms with Gasteiger partial charge in [-0.25, -0.2) is 13.8 Å². The normalized spacial score (nSPS) is 17.3. The predicted molar refractivity (Wildman–Crippen MR) is 162 cm³/mol. The molecule has 0 aliphatic carbocycles. The van der Waals surface area contributed by atoms with E-state index < -0.39 is 11.9 Å². The Bertz CT molecular complexity index is 1450. The van der Waals surface area contributed by atoms with Crippen LogP contribution in [0.15, 0.2) is 70.6 Å². The highest BCUT2D eigenvalue weighted by atomic mass is 32.2. The minimum atomic E-state index is -0.517. The summed E-state index contributed by atoms with van der Waals surface area (Å²) in [6, 6.07) is 17.3. The van der Waals surface area contributed by atoms with Crippen LogP contribution >= 0.6 is 11.8 Å². The molecule has 0 bridgehead atoms. The van der Waals surface area contributed by atoms with Crippen LogP contribution in [0.2, 0.25) is 0 Å². The van der Waals surface area contributed by atoms with Gasteiger partial charge in [0.25, 0.3) is 0 Å². The van der Waals surface area contributed by atoms with E-state index in [4.69, 9.17) is 9.73 Å². The highest BCUT2D eigenvalue weighted by molar-refractivity contribution is 7.98. The van der Waals surface area contributed by atoms with Crippen molar-refractivity contribution in [3.8, 4) is 0 Å². The smallest absolute Gasteiger partial charge is 0.307 e. The first-order valence-electron chi connectivity index (χ1n) is 13.8. The zero-order valence-corrected chi connectivity index (χ0v) is 25.0. The third-order valence-corrected chi connectivity index (χ3v) is 8.55. The van der Waals surface area contributed by atoms with E-state index in [1.807, 2.05) is 12.3 Å². The summed E-state index contributed by atoms with van der Waals surface area (Å²) in [5.41, 5.74) is 3.82. The minimum Gasteiger partial charge on any atom is -0.469 e. The van der Waals surface area contributed by atoms with Gasteiger partial charge in [0.2, 0.25) is 5.96 Å². The summed E-state index contributed by atoms with van der Waals surface area (Å²) < 4.78 is 34.0. The van der Waals surface area contributed by atoms with Gasteiger partial charge in [-0.15, -0.1) is 11.8 Å². The number of piperazine rings is 1. The number of carbonyl (C=O) groups excluding carboxylic acids is 1. The Morgan fingerprint density at radius 2 is 1.68 bits per heavy atom. The number of benzene rings is 3. The van der Waals surface area contributed by atoms with Gasteiger partial charge in [0, 0.05) is 42.3 Å². The first kappa shape index (κ1) is 28.9. The number of aliphatic imine (C=N–C) groups is 1. The molecule has 1 fully saturated rings. The topological polar surface area (TPSA) is 48.4 Å². The lowest BCUT2D eigenvalue weighted by Gasteiger charge is -2.45. The predicted octanol–water partition coefficient (Wildman–Crippen LogP) is 6.92. The number of halogens is 2. The molecule has 3 aromatic carbocycles. The number of esters is 1. The second-order valence-corrected chi connectivity index (χ2v) is 12.2. The fraction of sp³-hybridized carbons (Fsp3) is 0.375. The van der Waals surface area contributed by atoms with Gasteiger partial charge in [-0.3, -0.25) is 4.79 Å². The summed E-state index contributed by atoms with van der Waals surface area (Å²) in [5.74, 6) is -0.459. The number of fused-ring (bicyclic) bond motifs is 1. The zero-order valence-electron chi connectivity index (χ0n) is 24.2. The van der Waals surface area contributed by atoms with Crippen molar-refractivity contribution in [1.82, 2.24) is 4.90 Å². The van der Waals surface area contributed by atoms with Gasteiger partial charge in [0.05, 0.1) is 25.3 Å². The van der Waals surface area contributed by atoms with Crippen molar-refractivity contribution in [2.75, 3.05) is 49.3 Å². The summed E-state index contributed by atoms with van der Waals surface area (Å²) in [6.07, 6.45) is 2.07. The molecule has 2 aliphatic rings. The van der Waals surface area contributed by atoms with Gasteiger partial charge in [-0.05, 0) is 59.7 Å². The fourth-order valence-corrected chi connectivity index (χ4v) is 6.02. The standard InChI is InChI=1S/C32H36F2N4O2S/c1-32(2,3)21-9-14-28(41-5)27(19-21)38-26(20-29(39)40-4)24-7-6-8-25(34)30(24)35-31(38)37-17-15-36(16-18-37)23-12-10-22(33)11-13-23/h6-14,19,26H,15-18,20H2,1-5H3. The first-order valence-corrected chi connectivity index (χ1v) is 15.0. The van der Waals surface area contributed by atoms with Crippen LogP contribution in [-0.4, -0.2) is 56.4 Å². The van der Waals surface area contributed by atoms with Crippen LogP contribution in [0.1, 0.15) is 44.4 Å². The molecule has 0 saturated carbocycles. The number of anilines is 2. The molecule has 2 aliphatic heterocycles. The lowest BCUT2D eigenvalue weighted by Crippen LogP contribution is -2.55. The third kappa shape index (κ3) is 5.91. The summed E-state index contributed by atoms with van der Waals surface area (Å²) >= 11 is 1.62. The molecule has 41 heavy (non-hydrogen) atoms. The SMILES string of the molecule is COC(=O)CC1c2cccc(F)c2N=C(N2CCN(c3ccc(F)cc3)CC2)N1c1cc(C(C)(C)C)ccc1SC. The van der Waals surface area contributed by atoms with Crippen molar-refractivity contribution in [2.45, 2.75) is 43.5 Å². The summed E-state index contributed by atoms with van der Waals surface area (Å²) in [6.45, 7) is 9.11. The van der Waals surface area contributed by atoms with Gasteiger partial charge < -0.3 is 19.4 Å². The number of hydrogen-bond donors (Lipinski definition) is 0. The Hall–Kier alpha value is -3.59. The molecule has 0 spiro atoms. The minimum absolute atomic E-state index is 0.0368. The highest BCUT2D eigenvalue weighted by Crippen LogP contribution is 2.45. The quantitative estimate of drug-likeness (QED) is 0.242. The van der Waals surface area contributed by atoms with E-state index >= 15 is 4.39 Å². The van der Waals surface area contributed by atoms with Gasteiger partial charge >= 0.3 is 5.97 Å². The van der Waals surface area contributed by atoms with Crippen molar-refractivity contribution in [3.63, 3.8) is 0 Å². The third-order valence-electron chi connectivity index (χ3n) is 7.76. The van der Waals surface area contributed by atoms with E-state index in [0.29, 0.717) is 37.7 Å². The molecule has 0 radical (unpaired) electrons. The van der Waals surface area contributed by atoms with Crippen LogP contribution in [-0.2, 0) is 14.9 Å². The Labute approximate surface area is 245 Å². The van der Waals surface area contributed by atoms with E-state index in [1.54, 1.807) is 30.0 Å². The molecule has 0 amide bonds. The van der Waals surface area contributed by atoms with Crippen LogP contribution in [0.3, 0.4) is 0 Å². The van der Waals surface area contributed by atoms with E-state index in [1.165, 1.54) is 25.3 Å². The van der Waals surface area contributed by atoms with Crippen LogP contribution in [0, 0.1) is 11.6 Å². The molecular weight excluding hydrogens is 542 g/mol. The van der Waals surface area contributed by atoms with E-state index in [-0.39, 0.29) is 29.3 Å². The number of thioether (sulfide) groups is 1. The second-order valence-electron chi connectivity index (χ2n) is 11.3. The lowest BCUT2D eigenvalue weighted by atomic mass is 9.86. The maximum absolute atomic E-state index is 15.3. The molecule has 2 heterocycles. The molecule has 0 N–H and O–H groups in total. The number of rotatable bonds is 5. The van der Waals surface area contributed by atoms with Crippen LogP contribution in [0.5, 0.6) is 0 Å². The summed E-state index contributed by atoms with van der Waals surface area (Å²) in [5, 5.41) is 0. The maximum atomic E-state index is 15.3. The monoisotopic (exact) mass is 578 g/mol. The van der Waals surface area contributed by atoms with Gasteiger partial charge in [0.15, 0.2) is 0 Å². The van der Waals surface area contributed by atoms with Crippen molar-refractivity contribution < 1.29 is 18.3 Å². The van der Waals surface area contributed by atoms with Crippen molar-refractivity contribution in [3.05, 3.63) is 83.4 Å². The molecule has 0 aromatic heterocycles. The number of hydrogen-bond acceptors (Lipinski definition) is 7. The van der Waals surface area contributed by atoms with Crippen molar-refractivity contribution in [2.24, 2.45) is 4.99 Å². The average Bonchev–Trinajstić information content (AvgIpc) is 2.97. The van der Waals surface area contributed by atoms with E-state index in [2.05, 4.69) is 53.7 Å². The Morgan fingerprint density at radius 1 is 1.00 bits per heavy atom. The highest BCUT2D eigenvalue weighted by Gasteiger charge is 2.39. The molecule has 5 rings (SSSR count). The van der Waals surface area contributed by atoms with Crippen LogP contribution < -0.4 is 9.80 Å². The molecular formula is C32H36F2N4O2S. The summed E-state index contributed by atoms with van der Waals surface area (Å²) in [4.78, 5) is 25.3. The maximum Gasteiger partial charge on any atom is 0.307 e. The number of ether oxygens (including phenoxy) is 1. The Balaban J connectivity index is 1.62. The average molecular weight is 579 g/mol. The van der Waals surface area contributed by atoms with Gasteiger partial charge in [-0.2, -0.15) is 0 Å². The molecule has 216 valence electrons. The van der Waals surface area contributed by atoms with Crippen LogP contribution in [0.4, 0.5) is 25.8 Å². The van der Waals surface area contributed by atoms with E-state index in [9.17, 15) is 9.18 Å². The molecule has 1 unspecified atom stereocenters. The molecule has 1 atom stereocenters. The molecule has 9 heteroatoms. The largest absolute Gasteiger partial charge is 0.469 e. The Kier molecular flexibility index (Phi) is 8.27. The first-order chi connectivity index (χ1) is 19.6. The second kappa shape index (κ2) is 11.7. The van der Waals surface area contributed by atoms with Crippen LogP contribution in [0.25, 0.3) is 0 Å². The summed E-state index contributed by atoms with van der Waals surface area (Å²) in [7, 11) is 1.37. The number of nitrogens with zero attached hydrogens (tertiary/aromatic N) is 4. The van der Waals surface area contributed by atoms with Crippen molar-refractivity contribution in [1.29, 1.82) is 0 Å². The van der Waals surface area contributed by atoms with Gasteiger partial charge in [0.1, 0.15) is 17.3 Å². The molecule has 3 aromatic rings. The Morgan fingerprint density at radius 3 is 2.32 bits per heavy atom. The molecule has 1 saturated heterocycles. The number of guanidine groups is 1. The molecule has 6 nitrogen and oxygen atoms in total. The van der Waals surface area contributed by atoms with Gasteiger partial charge in [-0.1, -0.05) is 39.0 Å². The van der Waals surface area contributed by atoms with Crippen molar-refractivity contribution >= 4 is 40.8 Å². The zero-order chi connectivity index (χ0) is 29.3. The number of methoxy groups -OCH3 is 1. The van der Waals surface area contributed by atoms with E-state index in [0.717, 1.165) is 21.8 Å².